The molecule has 0 radical (unpaired) electrons. The number of hydrogen-bond donors (Lipinski definition) is 1. The van der Waals surface area contributed by atoms with E-state index < -0.39 is 19.6 Å². The van der Waals surface area contributed by atoms with E-state index in [0.717, 1.165) is 18.5 Å². The molecular weight excluding hydrogens is 295 g/mol. The molecule has 0 aliphatic rings. The molecule has 1 rings (SSSR count). The molecule has 0 spiro atoms. The van der Waals surface area contributed by atoms with Crippen LogP contribution in [0.25, 0.3) is 0 Å². The highest BCUT2D eigenvalue weighted by molar-refractivity contribution is 6.32. The van der Waals surface area contributed by atoms with E-state index in [1.807, 2.05) is 6.92 Å². The van der Waals surface area contributed by atoms with Gasteiger partial charge in [-0.3, -0.25) is 0 Å². The molecule has 0 bridgehead atoms. The van der Waals surface area contributed by atoms with Gasteiger partial charge in [0.2, 0.25) is 0 Å². The molecule has 7 heteroatoms. The summed E-state index contributed by atoms with van der Waals surface area (Å²) in [5.41, 5.74) is 0.779. The summed E-state index contributed by atoms with van der Waals surface area (Å²) < 4.78 is 45.4. The fourth-order valence-corrected chi connectivity index (χ4v) is 1.76. The van der Waals surface area contributed by atoms with Crippen LogP contribution in [0.1, 0.15) is 18.9 Å². The normalized spacial score (nSPS) is 11.7. The molecule has 1 aromatic rings. The van der Waals surface area contributed by atoms with Gasteiger partial charge in [-0.05, 0) is 19.0 Å². The second-order valence-electron chi connectivity index (χ2n) is 4.13. The Balaban J connectivity index is 2.54. The van der Waals surface area contributed by atoms with Gasteiger partial charge in [0, 0.05) is 12.1 Å². The number of benzene rings is 1. The molecule has 0 aliphatic carbocycles. The lowest BCUT2D eigenvalue weighted by Gasteiger charge is -2.14. The first-order valence-corrected chi connectivity index (χ1v) is 6.57. The van der Waals surface area contributed by atoms with E-state index in [1.54, 1.807) is 18.2 Å². The lowest BCUT2D eigenvalue weighted by molar-refractivity contribution is -0.186. The summed E-state index contributed by atoms with van der Waals surface area (Å²) in [6, 6.07) is 5.17. The van der Waals surface area contributed by atoms with Crippen LogP contribution in [0.15, 0.2) is 18.2 Å². The van der Waals surface area contributed by atoms with Crippen molar-refractivity contribution in [2.24, 2.45) is 0 Å². The van der Waals surface area contributed by atoms with Crippen molar-refractivity contribution in [3.63, 3.8) is 0 Å². The van der Waals surface area contributed by atoms with Gasteiger partial charge in [0.15, 0.2) is 6.79 Å². The van der Waals surface area contributed by atoms with Crippen LogP contribution >= 0.6 is 11.6 Å². The Morgan fingerprint density at radius 2 is 2.05 bits per heavy atom. The largest absolute Gasteiger partial charge is 0.466 e. The van der Waals surface area contributed by atoms with E-state index in [-0.39, 0.29) is 0 Å². The van der Waals surface area contributed by atoms with Crippen molar-refractivity contribution in [1.82, 2.24) is 5.32 Å². The van der Waals surface area contributed by atoms with Crippen molar-refractivity contribution in [1.29, 1.82) is 0 Å². The molecule has 0 aromatic heterocycles. The summed E-state index contributed by atoms with van der Waals surface area (Å²) in [7, 11) is 0. The molecular formula is C13H17ClF3NO2. The van der Waals surface area contributed by atoms with Gasteiger partial charge in [0.1, 0.15) is 12.4 Å². The average Bonchev–Trinajstić information content (AvgIpc) is 2.36. The molecule has 3 nitrogen and oxygen atoms in total. The van der Waals surface area contributed by atoms with Gasteiger partial charge in [-0.15, -0.1) is 0 Å². The summed E-state index contributed by atoms with van der Waals surface area (Å²) in [5, 5.41) is 3.52. The fourth-order valence-electron chi connectivity index (χ4n) is 1.51. The van der Waals surface area contributed by atoms with Crippen molar-refractivity contribution in [2.45, 2.75) is 26.1 Å². The number of rotatable bonds is 8. The fraction of sp³-hybridized carbons (Fsp3) is 0.538. The zero-order valence-corrected chi connectivity index (χ0v) is 11.9. The molecule has 0 unspecified atom stereocenters. The van der Waals surface area contributed by atoms with Crippen LogP contribution < -0.4 is 10.1 Å². The summed E-state index contributed by atoms with van der Waals surface area (Å²) in [4.78, 5) is 0. The predicted molar refractivity (Wildman–Crippen MR) is 71.0 cm³/mol. The predicted octanol–water partition coefficient (Wildman–Crippen LogP) is 3.75. The van der Waals surface area contributed by atoms with E-state index in [0.29, 0.717) is 17.3 Å². The maximum atomic E-state index is 11.9. The maximum absolute atomic E-state index is 11.9. The third kappa shape index (κ3) is 6.45. The number of para-hydroxylation sites is 1. The third-order valence-corrected chi connectivity index (χ3v) is 2.64. The van der Waals surface area contributed by atoms with Gasteiger partial charge in [0.05, 0.1) is 5.02 Å². The van der Waals surface area contributed by atoms with Crippen LogP contribution in [0.3, 0.4) is 0 Å². The standard InChI is InChI=1S/C13H17ClF3NO2/c1-2-6-18-7-10-4-3-5-11(14)12(10)20-9-19-8-13(15,16)17/h3-5,18H,2,6-9H2,1H3. The lowest BCUT2D eigenvalue weighted by Crippen LogP contribution is -2.20. The van der Waals surface area contributed by atoms with E-state index in [4.69, 9.17) is 16.3 Å². The minimum atomic E-state index is -4.37. The van der Waals surface area contributed by atoms with Gasteiger partial charge in [-0.1, -0.05) is 30.7 Å². The number of halogens is 4. The highest BCUT2D eigenvalue weighted by Crippen LogP contribution is 2.28. The van der Waals surface area contributed by atoms with Crippen molar-refractivity contribution < 1.29 is 22.6 Å². The number of alkyl halides is 3. The molecule has 0 amide bonds. The molecule has 1 aromatic carbocycles. The lowest BCUT2D eigenvalue weighted by atomic mass is 10.2. The minimum Gasteiger partial charge on any atom is -0.466 e. The number of hydrogen-bond acceptors (Lipinski definition) is 3. The molecule has 0 fully saturated rings. The Labute approximate surface area is 121 Å². The Morgan fingerprint density at radius 3 is 2.70 bits per heavy atom. The zero-order valence-electron chi connectivity index (χ0n) is 11.1. The molecule has 0 atom stereocenters. The van der Waals surface area contributed by atoms with E-state index in [1.165, 1.54) is 0 Å². The number of nitrogens with one attached hydrogen (secondary N) is 1. The molecule has 0 saturated carbocycles. The van der Waals surface area contributed by atoms with E-state index >= 15 is 0 Å². The quantitative estimate of drug-likeness (QED) is 0.586. The Bertz CT molecular complexity index is 413. The van der Waals surface area contributed by atoms with Crippen LogP contribution in [0, 0.1) is 0 Å². The van der Waals surface area contributed by atoms with Gasteiger partial charge >= 0.3 is 6.18 Å². The van der Waals surface area contributed by atoms with Gasteiger partial charge in [-0.25, -0.2) is 0 Å². The van der Waals surface area contributed by atoms with Crippen molar-refractivity contribution in [3.05, 3.63) is 28.8 Å². The Hall–Kier alpha value is -0.980. The molecule has 1 N–H and O–H groups in total. The van der Waals surface area contributed by atoms with Crippen molar-refractivity contribution >= 4 is 11.6 Å². The average molecular weight is 312 g/mol. The second kappa shape index (κ2) is 8.34. The first kappa shape index (κ1) is 17.1. The Kier molecular flexibility index (Phi) is 7.12. The first-order chi connectivity index (χ1) is 9.44. The molecule has 0 heterocycles. The van der Waals surface area contributed by atoms with Gasteiger partial charge < -0.3 is 14.8 Å². The summed E-state index contributed by atoms with van der Waals surface area (Å²) in [6.07, 6.45) is -3.39. The van der Waals surface area contributed by atoms with Crippen LogP contribution in [-0.4, -0.2) is 26.1 Å². The molecule has 114 valence electrons. The third-order valence-electron chi connectivity index (χ3n) is 2.34. The summed E-state index contributed by atoms with van der Waals surface area (Å²) >= 11 is 5.98. The van der Waals surface area contributed by atoms with Crippen molar-refractivity contribution in [3.8, 4) is 5.75 Å². The maximum Gasteiger partial charge on any atom is 0.411 e. The van der Waals surface area contributed by atoms with Crippen LogP contribution in [0.4, 0.5) is 13.2 Å². The van der Waals surface area contributed by atoms with Gasteiger partial charge in [-0.2, -0.15) is 13.2 Å². The SMILES string of the molecule is CCCNCc1cccc(Cl)c1OCOCC(F)(F)F. The molecule has 0 aliphatic heterocycles. The van der Waals surface area contributed by atoms with E-state index in [2.05, 4.69) is 10.1 Å². The molecule has 0 saturated heterocycles. The first-order valence-electron chi connectivity index (χ1n) is 6.19. The summed E-state index contributed by atoms with van der Waals surface area (Å²) in [5.74, 6) is 0.347. The highest BCUT2D eigenvalue weighted by atomic mass is 35.5. The summed E-state index contributed by atoms with van der Waals surface area (Å²) in [6.45, 7) is 1.55. The van der Waals surface area contributed by atoms with Crippen LogP contribution in [0.5, 0.6) is 5.75 Å². The van der Waals surface area contributed by atoms with E-state index in [9.17, 15) is 13.2 Å². The second-order valence-corrected chi connectivity index (χ2v) is 4.54. The molecule has 20 heavy (non-hydrogen) atoms. The monoisotopic (exact) mass is 311 g/mol. The van der Waals surface area contributed by atoms with Crippen LogP contribution in [-0.2, 0) is 11.3 Å². The number of ether oxygens (including phenoxy) is 2. The zero-order chi connectivity index (χ0) is 15.0. The smallest absolute Gasteiger partial charge is 0.411 e. The van der Waals surface area contributed by atoms with Crippen molar-refractivity contribution in [2.75, 3.05) is 19.9 Å². The Morgan fingerprint density at radius 1 is 1.30 bits per heavy atom. The minimum absolute atomic E-state index is 0.344. The highest BCUT2D eigenvalue weighted by Gasteiger charge is 2.27. The van der Waals surface area contributed by atoms with Gasteiger partial charge in [0.25, 0.3) is 0 Å². The van der Waals surface area contributed by atoms with Crippen LogP contribution in [0.2, 0.25) is 5.02 Å². The topological polar surface area (TPSA) is 30.5 Å².